The van der Waals surface area contributed by atoms with E-state index in [1.165, 1.54) is 0 Å². The highest BCUT2D eigenvalue weighted by atomic mass is 32.2. The lowest BCUT2D eigenvalue weighted by Crippen LogP contribution is -2.34. The molecule has 0 rings (SSSR count). The fraction of sp³-hybridized carbons (Fsp3) is 0.667. The molecule has 0 fully saturated rings. The van der Waals surface area contributed by atoms with Crippen LogP contribution in [0.2, 0.25) is 0 Å². The molecule has 0 aromatic rings. The molecule has 0 radical (unpaired) electrons. The number of hydrogen-bond acceptors (Lipinski definition) is 5. The Kier molecular flexibility index (Phi) is 5.44. The number of hydrogen-bond donors (Lipinski definition) is 4. The van der Waals surface area contributed by atoms with Crippen molar-refractivity contribution in [1.82, 2.24) is 0 Å². The number of carbonyl (C=O) groups is 2. The van der Waals surface area contributed by atoms with Crippen LogP contribution < -0.4 is 11.5 Å². The molecule has 0 saturated heterocycles. The smallest absolute Gasteiger partial charge is 0.321 e. The first-order valence-electron chi connectivity index (χ1n) is 3.48. The number of nitrogens with two attached hydrogens (primary N) is 2. The molecule has 0 aromatic carbocycles. The number of amides is 1. The van der Waals surface area contributed by atoms with Gasteiger partial charge in [0.15, 0.2) is 0 Å². The molecule has 6 N–H and O–H groups in total. The maximum Gasteiger partial charge on any atom is 0.321 e. The second-order valence-corrected chi connectivity index (χ2v) is 3.48. The van der Waals surface area contributed by atoms with E-state index >= 15 is 0 Å². The Morgan fingerprint density at radius 1 is 1.38 bits per heavy atom. The predicted octanol–water partition coefficient (Wildman–Crippen LogP) is -2.02. The van der Waals surface area contributed by atoms with Crippen LogP contribution in [-0.4, -0.2) is 45.7 Å². The molecule has 76 valence electrons. The minimum absolute atomic E-state index is 0.0658. The molecule has 0 spiro atoms. The van der Waals surface area contributed by atoms with Gasteiger partial charge in [-0.15, -0.1) is 0 Å². The Hall–Kier alpha value is -0.790. The van der Waals surface area contributed by atoms with Gasteiger partial charge in [-0.25, -0.2) is 0 Å². The summed E-state index contributed by atoms with van der Waals surface area (Å²) in [6.45, 7) is 0. The zero-order valence-corrected chi connectivity index (χ0v) is 7.66. The van der Waals surface area contributed by atoms with Gasteiger partial charge in [-0.05, 0) is 0 Å². The number of aliphatic carboxylic acids is 1. The van der Waals surface area contributed by atoms with Crippen molar-refractivity contribution in [1.29, 1.82) is 0 Å². The Bertz CT molecular complexity index is 179. The fourth-order valence-corrected chi connectivity index (χ4v) is 1.38. The number of carboxylic acid groups (broad SMARTS) is 1. The van der Waals surface area contributed by atoms with Gasteiger partial charge in [-0.2, -0.15) is 11.8 Å². The zero-order chi connectivity index (χ0) is 10.4. The van der Waals surface area contributed by atoms with Gasteiger partial charge in [0.05, 0.1) is 0 Å². The third kappa shape index (κ3) is 5.45. The average molecular weight is 208 g/mol. The molecule has 1 unspecified atom stereocenters. The van der Waals surface area contributed by atoms with Gasteiger partial charge in [0.25, 0.3) is 0 Å². The maximum atomic E-state index is 10.3. The van der Waals surface area contributed by atoms with E-state index in [1.54, 1.807) is 0 Å². The van der Waals surface area contributed by atoms with Gasteiger partial charge in [0.1, 0.15) is 12.1 Å². The van der Waals surface area contributed by atoms with E-state index in [-0.39, 0.29) is 11.5 Å². The Morgan fingerprint density at radius 3 is 2.31 bits per heavy atom. The lowest BCUT2D eigenvalue weighted by molar-refractivity contribution is -0.137. The lowest BCUT2D eigenvalue weighted by atomic mass is 10.4. The summed E-state index contributed by atoms with van der Waals surface area (Å²) in [4.78, 5) is 20.5. The number of carbonyl (C=O) groups excluding carboxylic acids is 1. The molecule has 0 bridgehead atoms. The van der Waals surface area contributed by atoms with Crippen molar-refractivity contribution in [3.63, 3.8) is 0 Å². The fourth-order valence-electron chi connectivity index (χ4n) is 0.460. The molecule has 1 amide bonds. The number of aliphatic hydroxyl groups excluding tert-OH is 1. The normalized spacial score (nSPS) is 14.9. The van der Waals surface area contributed by atoms with Crippen molar-refractivity contribution < 1.29 is 19.8 Å². The van der Waals surface area contributed by atoms with E-state index < -0.39 is 24.0 Å². The third-order valence-electron chi connectivity index (χ3n) is 1.22. The van der Waals surface area contributed by atoms with Gasteiger partial charge < -0.3 is 21.7 Å². The molecular weight excluding hydrogens is 196 g/mol. The molecule has 13 heavy (non-hydrogen) atoms. The second kappa shape index (κ2) is 5.79. The monoisotopic (exact) mass is 208 g/mol. The van der Waals surface area contributed by atoms with Gasteiger partial charge in [0.2, 0.25) is 5.91 Å². The number of primary amides is 1. The van der Waals surface area contributed by atoms with E-state index in [0.29, 0.717) is 0 Å². The van der Waals surface area contributed by atoms with Crippen LogP contribution in [0.4, 0.5) is 0 Å². The molecular formula is C6H12N2O4S. The van der Waals surface area contributed by atoms with Crippen LogP contribution in [0, 0.1) is 0 Å². The summed E-state index contributed by atoms with van der Waals surface area (Å²) in [7, 11) is 0. The quantitative estimate of drug-likeness (QED) is 0.399. The van der Waals surface area contributed by atoms with Gasteiger partial charge in [-0.3, -0.25) is 9.59 Å². The predicted molar refractivity (Wildman–Crippen MR) is 48.1 cm³/mol. The molecule has 0 heterocycles. The third-order valence-corrected chi connectivity index (χ3v) is 2.37. The molecule has 0 aliphatic heterocycles. The SMILES string of the molecule is NC(=O)C(O)CSC[C@H](N)C(=O)O. The molecule has 2 atom stereocenters. The van der Waals surface area contributed by atoms with Crippen LogP contribution in [0.15, 0.2) is 0 Å². The summed E-state index contributed by atoms with van der Waals surface area (Å²) in [5.74, 6) is -1.73. The number of aliphatic hydroxyl groups is 1. The Labute approximate surface area is 79.3 Å². The molecule has 0 aromatic heterocycles. The van der Waals surface area contributed by atoms with E-state index in [4.69, 9.17) is 21.7 Å². The summed E-state index contributed by atoms with van der Waals surface area (Å²) in [5.41, 5.74) is 9.92. The first-order chi connectivity index (χ1) is 5.95. The van der Waals surface area contributed by atoms with Gasteiger partial charge in [0, 0.05) is 11.5 Å². The lowest BCUT2D eigenvalue weighted by Gasteiger charge is -2.07. The minimum atomic E-state index is -1.24. The number of rotatable bonds is 6. The highest BCUT2D eigenvalue weighted by molar-refractivity contribution is 7.99. The van der Waals surface area contributed by atoms with Crippen molar-refractivity contribution in [2.75, 3.05) is 11.5 Å². The van der Waals surface area contributed by atoms with E-state index in [1.807, 2.05) is 0 Å². The van der Waals surface area contributed by atoms with Crippen molar-refractivity contribution in [3.05, 3.63) is 0 Å². The Balaban J connectivity index is 3.56. The van der Waals surface area contributed by atoms with E-state index in [0.717, 1.165) is 11.8 Å². The molecule has 0 saturated carbocycles. The largest absolute Gasteiger partial charge is 0.480 e. The van der Waals surface area contributed by atoms with Crippen molar-refractivity contribution >= 4 is 23.6 Å². The molecule has 0 aliphatic carbocycles. The maximum absolute atomic E-state index is 10.3. The average Bonchev–Trinajstić information content (AvgIpc) is 2.03. The summed E-state index contributed by atoms with van der Waals surface area (Å²) in [6.07, 6.45) is -1.24. The summed E-state index contributed by atoms with van der Waals surface area (Å²) >= 11 is 1.07. The molecule has 7 heteroatoms. The minimum Gasteiger partial charge on any atom is -0.480 e. The highest BCUT2D eigenvalue weighted by Gasteiger charge is 2.14. The highest BCUT2D eigenvalue weighted by Crippen LogP contribution is 2.04. The summed E-state index contributed by atoms with van der Waals surface area (Å²) in [5, 5.41) is 17.3. The van der Waals surface area contributed by atoms with Gasteiger partial charge >= 0.3 is 5.97 Å². The second-order valence-electron chi connectivity index (χ2n) is 2.40. The van der Waals surface area contributed by atoms with Gasteiger partial charge in [-0.1, -0.05) is 0 Å². The molecule has 6 nitrogen and oxygen atoms in total. The van der Waals surface area contributed by atoms with E-state index in [2.05, 4.69) is 0 Å². The topological polar surface area (TPSA) is 127 Å². The van der Waals surface area contributed by atoms with Crippen molar-refractivity contribution in [2.45, 2.75) is 12.1 Å². The van der Waals surface area contributed by atoms with Crippen LogP contribution in [0.5, 0.6) is 0 Å². The first kappa shape index (κ1) is 12.2. The number of carboxylic acids is 1. The van der Waals surface area contributed by atoms with Crippen LogP contribution in [-0.2, 0) is 9.59 Å². The number of thioether (sulfide) groups is 1. The van der Waals surface area contributed by atoms with Crippen LogP contribution in [0.25, 0.3) is 0 Å². The standard InChI is InChI=1S/C6H12N2O4S/c7-3(6(11)12)1-13-2-4(9)5(8)10/h3-4,9H,1-2,7H2,(H2,8,10)(H,11,12)/t3-,4?/m0/s1. The first-order valence-corrected chi connectivity index (χ1v) is 4.64. The summed E-state index contributed by atoms with van der Waals surface area (Å²) < 4.78 is 0. The zero-order valence-electron chi connectivity index (χ0n) is 6.84. The van der Waals surface area contributed by atoms with Crippen molar-refractivity contribution in [2.24, 2.45) is 11.5 Å². The Morgan fingerprint density at radius 2 is 1.92 bits per heavy atom. The molecule has 0 aliphatic rings. The van der Waals surface area contributed by atoms with E-state index in [9.17, 15) is 9.59 Å². The summed E-state index contributed by atoms with van der Waals surface area (Å²) in [6, 6.07) is -0.981. The van der Waals surface area contributed by atoms with Crippen LogP contribution in [0.1, 0.15) is 0 Å². The van der Waals surface area contributed by atoms with Crippen LogP contribution in [0.3, 0.4) is 0 Å². The van der Waals surface area contributed by atoms with Crippen molar-refractivity contribution in [3.8, 4) is 0 Å². The van der Waals surface area contributed by atoms with Crippen LogP contribution >= 0.6 is 11.8 Å².